The van der Waals surface area contributed by atoms with Crippen LogP contribution in [0.25, 0.3) is 5.00 Å². The van der Waals surface area contributed by atoms with Gasteiger partial charge in [0.15, 0.2) is 6.61 Å². The summed E-state index contributed by atoms with van der Waals surface area (Å²) in [7, 11) is 0. The SMILES string of the molecule is Cc1sc(-n2cccc2)c(C(=O)OCC(=O)NC(=O)Cc2ccccc2)c1C. The molecule has 3 rings (SSSR count). The first-order valence-electron chi connectivity index (χ1n) is 8.72. The predicted molar refractivity (Wildman–Crippen MR) is 107 cm³/mol. The van der Waals surface area contributed by atoms with Crippen LogP contribution in [0.4, 0.5) is 0 Å². The van der Waals surface area contributed by atoms with Gasteiger partial charge in [0.1, 0.15) is 5.00 Å². The highest BCUT2D eigenvalue weighted by atomic mass is 32.1. The standard InChI is InChI=1S/C21H20N2O4S/c1-14-15(2)28-20(23-10-6-7-11-23)19(14)21(26)27-13-18(25)22-17(24)12-16-8-4-3-5-9-16/h3-11H,12-13H2,1-2H3,(H,22,24,25). The second kappa shape index (κ2) is 8.67. The molecule has 1 N–H and O–H groups in total. The quantitative estimate of drug-likeness (QED) is 0.649. The summed E-state index contributed by atoms with van der Waals surface area (Å²) in [6, 6.07) is 12.8. The maximum absolute atomic E-state index is 12.6. The van der Waals surface area contributed by atoms with Crippen LogP contribution in [-0.2, 0) is 20.7 Å². The van der Waals surface area contributed by atoms with Crippen molar-refractivity contribution in [2.45, 2.75) is 20.3 Å². The Morgan fingerprint density at radius 2 is 1.68 bits per heavy atom. The van der Waals surface area contributed by atoms with Crippen LogP contribution in [0.2, 0.25) is 0 Å². The van der Waals surface area contributed by atoms with Gasteiger partial charge in [0.2, 0.25) is 5.91 Å². The van der Waals surface area contributed by atoms with Crippen LogP contribution >= 0.6 is 11.3 Å². The zero-order valence-corrected chi connectivity index (χ0v) is 16.4. The summed E-state index contributed by atoms with van der Waals surface area (Å²) >= 11 is 1.48. The van der Waals surface area contributed by atoms with Gasteiger partial charge in [-0.25, -0.2) is 4.79 Å². The molecule has 0 saturated carbocycles. The molecule has 0 bridgehead atoms. The van der Waals surface area contributed by atoms with E-state index in [1.165, 1.54) is 11.3 Å². The van der Waals surface area contributed by atoms with Crippen molar-refractivity contribution < 1.29 is 19.1 Å². The molecule has 6 nitrogen and oxygen atoms in total. The predicted octanol–water partition coefficient (Wildman–Crippen LogP) is 3.20. The molecule has 0 fully saturated rings. The number of nitrogens with zero attached hydrogens (tertiary/aromatic N) is 1. The van der Waals surface area contributed by atoms with E-state index in [9.17, 15) is 14.4 Å². The Balaban J connectivity index is 1.60. The number of imide groups is 1. The molecule has 28 heavy (non-hydrogen) atoms. The van der Waals surface area contributed by atoms with Crippen LogP contribution < -0.4 is 5.32 Å². The van der Waals surface area contributed by atoms with Crippen LogP contribution in [0.15, 0.2) is 54.9 Å². The molecule has 0 aliphatic rings. The molecule has 0 saturated heterocycles. The van der Waals surface area contributed by atoms with Gasteiger partial charge >= 0.3 is 5.97 Å². The summed E-state index contributed by atoms with van der Waals surface area (Å²) in [5.74, 6) is -1.68. The molecule has 2 amide bonds. The van der Waals surface area contributed by atoms with Gasteiger partial charge in [-0.15, -0.1) is 11.3 Å². The fourth-order valence-electron chi connectivity index (χ4n) is 2.72. The Morgan fingerprint density at radius 1 is 1.00 bits per heavy atom. The van der Waals surface area contributed by atoms with Crippen molar-refractivity contribution in [3.05, 3.63) is 76.4 Å². The maximum atomic E-state index is 12.6. The number of aromatic nitrogens is 1. The van der Waals surface area contributed by atoms with Crippen molar-refractivity contribution in [1.82, 2.24) is 9.88 Å². The number of thiophene rings is 1. The molecule has 3 aromatic rings. The Labute approximate surface area is 166 Å². The lowest BCUT2D eigenvalue weighted by Crippen LogP contribution is -2.35. The van der Waals surface area contributed by atoms with Gasteiger partial charge in [0.05, 0.1) is 12.0 Å². The summed E-state index contributed by atoms with van der Waals surface area (Å²) in [6.45, 7) is 3.26. The molecular weight excluding hydrogens is 376 g/mol. The van der Waals surface area contributed by atoms with Gasteiger partial charge in [0.25, 0.3) is 5.91 Å². The summed E-state index contributed by atoms with van der Waals surface area (Å²) in [5, 5.41) is 2.98. The second-order valence-electron chi connectivity index (χ2n) is 6.26. The first-order valence-corrected chi connectivity index (χ1v) is 9.54. The minimum absolute atomic E-state index is 0.0845. The van der Waals surface area contributed by atoms with E-state index < -0.39 is 24.4 Å². The third-order valence-electron chi connectivity index (χ3n) is 4.23. The molecule has 0 unspecified atom stereocenters. The first-order chi connectivity index (χ1) is 13.5. The zero-order chi connectivity index (χ0) is 20.1. The lowest BCUT2D eigenvalue weighted by atomic mass is 10.1. The Morgan fingerprint density at radius 3 is 2.36 bits per heavy atom. The van der Waals surface area contributed by atoms with Crippen LogP contribution in [0.3, 0.4) is 0 Å². The average Bonchev–Trinajstić information content (AvgIpc) is 3.29. The molecule has 0 aliphatic heterocycles. The van der Waals surface area contributed by atoms with Crippen molar-refractivity contribution in [3.63, 3.8) is 0 Å². The smallest absolute Gasteiger partial charge is 0.341 e. The fourth-order valence-corrected chi connectivity index (χ4v) is 3.83. The number of amides is 2. The van der Waals surface area contributed by atoms with E-state index in [0.717, 1.165) is 21.0 Å². The fraction of sp³-hybridized carbons (Fsp3) is 0.190. The van der Waals surface area contributed by atoms with Gasteiger partial charge in [-0.3, -0.25) is 14.9 Å². The van der Waals surface area contributed by atoms with Crippen LogP contribution in [-0.4, -0.2) is 29.0 Å². The minimum atomic E-state index is -0.651. The number of carbonyl (C=O) groups excluding carboxylic acids is 3. The maximum Gasteiger partial charge on any atom is 0.341 e. The topological polar surface area (TPSA) is 77.4 Å². The van der Waals surface area contributed by atoms with Gasteiger partial charge in [-0.2, -0.15) is 0 Å². The second-order valence-corrected chi connectivity index (χ2v) is 7.47. The molecule has 0 aliphatic carbocycles. The Hall–Kier alpha value is -3.19. The highest BCUT2D eigenvalue weighted by molar-refractivity contribution is 7.15. The van der Waals surface area contributed by atoms with E-state index in [2.05, 4.69) is 5.32 Å². The molecule has 0 spiro atoms. The number of hydrogen-bond donors (Lipinski definition) is 1. The number of aryl methyl sites for hydroxylation is 1. The van der Waals surface area contributed by atoms with Crippen molar-refractivity contribution >= 4 is 29.1 Å². The third-order valence-corrected chi connectivity index (χ3v) is 5.45. The number of hydrogen-bond acceptors (Lipinski definition) is 5. The van der Waals surface area contributed by atoms with Gasteiger partial charge in [0, 0.05) is 17.3 Å². The number of nitrogens with one attached hydrogen (secondary N) is 1. The number of ether oxygens (including phenoxy) is 1. The summed E-state index contributed by atoms with van der Waals surface area (Å²) in [6.07, 6.45) is 3.77. The highest BCUT2D eigenvalue weighted by Crippen LogP contribution is 2.31. The van der Waals surface area contributed by atoms with E-state index in [-0.39, 0.29) is 6.42 Å². The van der Waals surface area contributed by atoms with E-state index in [1.807, 2.05) is 61.1 Å². The van der Waals surface area contributed by atoms with E-state index in [4.69, 9.17) is 4.74 Å². The van der Waals surface area contributed by atoms with E-state index in [0.29, 0.717) is 5.56 Å². The number of rotatable bonds is 6. The number of carbonyl (C=O) groups is 3. The summed E-state index contributed by atoms with van der Waals surface area (Å²) in [4.78, 5) is 37.5. The van der Waals surface area contributed by atoms with Crippen molar-refractivity contribution in [2.24, 2.45) is 0 Å². The first kappa shape index (κ1) is 19.6. The Kier molecular flexibility index (Phi) is 6.06. The third kappa shape index (κ3) is 4.55. The van der Waals surface area contributed by atoms with Gasteiger partial charge in [-0.1, -0.05) is 30.3 Å². The molecular formula is C21H20N2O4S. The molecule has 0 radical (unpaired) electrons. The van der Waals surface area contributed by atoms with Gasteiger partial charge in [-0.05, 0) is 37.1 Å². The van der Waals surface area contributed by atoms with E-state index in [1.54, 1.807) is 12.1 Å². The summed E-state index contributed by atoms with van der Waals surface area (Å²) in [5.41, 5.74) is 2.05. The minimum Gasteiger partial charge on any atom is -0.452 e. The van der Waals surface area contributed by atoms with Crippen LogP contribution in [0.1, 0.15) is 26.4 Å². The Bertz CT molecular complexity index is 991. The number of esters is 1. The molecule has 2 aromatic heterocycles. The van der Waals surface area contributed by atoms with Crippen LogP contribution in [0, 0.1) is 13.8 Å². The highest BCUT2D eigenvalue weighted by Gasteiger charge is 2.22. The monoisotopic (exact) mass is 396 g/mol. The average molecular weight is 396 g/mol. The van der Waals surface area contributed by atoms with Crippen molar-refractivity contribution in [2.75, 3.05) is 6.61 Å². The van der Waals surface area contributed by atoms with Crippen molar-refractivity contribution in [1.29, 1.82) is 0 Å². The van der Waals surface area contributed by atoms with E-state index >= 15 is 0 Å². The van der Waals surface area contributed by atoms with Gasteiger partial charge < -0.3 is 9.30 Å². The molecule has 2 heterocycles. The molecule has 1 aromatic carbocycles. The lowest BCUT2D eigenvalue weighted by Gasteiger charge is -2.08. The van der Waals surface area contributed by atoms with Crippen molar-refractivity contribution in [3.8, 4) is 5.00 Å². The zero-order valence-electron chi connectivity index (χ0n) is 15.6. The molecule has 144 valence electrons. The normalized spacial score (nSPS) is 10.5. The molecule has 0 atom stereocenters. The van der Waals surface area contributed by atoms with Crippen LogP contribution in [0.5, 0.6) is 0 Å². The number of benzene rings is 1. The lowest BCUT2D eigenvalue weighted by molar-refractivity contribution is -0.132. The summed E-state index contributed by atoms with van der Waals surface area (Å²) < 4.78 is 7.00. The largest absolute Gasteiger partial charge is 0.452 e. The molecule has 7 heteroatoms.